The molecule has 0 unspecified atom stereocenters. The normalized spacial score (nSPS) is 11.8. The Bertz CT molecular complexity index is 669. The molecule has 0 radical (unpaired) electrons. The van der Waals surface area contributed by atoms with Gasteiger partial charge in [0.15, 0.2) is 5.58 Å². The SMILES string of the molecule is CC(C)(CO)CNC(=O)Cn1c(=O)oc2ccccc21. The maximum Gasteiger partial charge on any atom is 0.420 e. The molecule has 0 spiro atoms. The maximum atomic E-state index is 11.9. The van der Waals surface area contributed by atoms with E-state index in [1.54, 1.807) is 24.3 Å². The van der Waals surface area contributed by atoms with Crippen molar-refractivity contribution >= 4 is 17.0 Å². The first-order chi connectivity index (χ1) is 9.43. The molecule has 1 aromatic heterocycles. The summed E-state index contributed by atoms with van der Waals surface area (Å²) in [4.78, 5) is 23.6. The van der Waals surface area contributed by atoms with E-state index in [9.17, 15) is 9.59 Å². The molecular formula is C14H18N2O4. The van der Waals surface area contributed by atoms with Crippen LogP contribution in [0.2, 0.25) is 0 Å². The molecule has 2 rings (SSSR count). The van der Waals surface area contributed by atoms with Crippen molar-refractivity contribution in [3.8, 4) is 0 Å². The number of aliphatic hydroxyl groups is 1. The predicted molar refractivity (Wildman–Crippen MR) is 74.4 cm³/mol. The summed E-state index contributed by atoms with van der Waals surface area (Å²) in [6.07, 6.45) is 0. The predicted octanol–water partition coefficient (Wildman–Crippen LogP) is 0.729. The third-order valence-electron chi connectivity index (χ3n) is 3.07. The lowest BCUT2D eigenvalue weighted by molar-refractivity contribution is -0.122. The van der Waals surface area contributed by atoms with Gasteiger partial charge in [0.2, 0.25) is 5.91 Å². The molecule has 6 heteroatoms. The molecule has 1 heterocycles. The van der Waals surface area contributed by atoms with Gasteiger partial charge in [-0.3, -0.25) is 9.36 Å². The number of aromatic nitrogens is 1. The van der Waals surface area contributed by atoms with Crippen molar-refractivity contribution in [1.82, 2.24) is 9.88 Å². The molecule has 0 aliphatic carbocycles. The number of rotatable bonds is 5. The Morgan fingerprint density at radius 3 is 2.80 bits per heavy atom. The summed E-state index contributed by atoms with van der Waals surface area (Å²) in [5, 5.41) is 11.8. The van der Waals surface area contributed by atoms with Crippen LogP contribution in [0.15, 0.2) is 33.5 Å². The third-order valence-corrected chi connectivity index (χ3v) is 3.07. The number of fused-ring (bicyclic) bond motifs is 1. The molecule has 2 aromatic rings. The third kappa shape index (κ3) is 3.08. The van der Waals surface area contributed by atoms with Crippen molar-refractivity contribution in [3.63, 3.8) is 0 Å². The molecule has 1 amide bonds. The van der Waals surface area contributed by atoms with E-state index in [1.165, 1.54) is 4.57 Å². The van der Waals surface area contributed by atoms with E-state index < -0.39 is 5.76 Å². The van der Waals surface area contributed by atoms with E-state index in [0.29, 0.717) is 17.6 Å². The number of amides is 1. The van der Waals surface area contributed by atoms with Crippen LogP contribution in [0.25, 0.3) is 11.1 Å². The van der Waals surface area contributed by atoms with E-state index in [1.807, 2.05) is 13.8 Å². The van der Waals surface area contributed by atoms with Crippen LogP contribution in [0.4, 0.5) is 0 Å². The highest BCUT2D eigenvalue weighted by Gasteiger charge is 2.18. The Hall–Kier alpha value is -2.08. The van der Waals surface area contributed by atoms with Crippen LogP contribution in [0.1, 0.15) is 13.8 Å². The zero-order chi connectivity index (χ0) is 14.8. The second-order valence-electron chi connectivity index (χ2n) is 5.52. The van der Waals surface area contributed by atoms with Crippen molar-refractivity contribution < 1.29 is 14.3 Å². The molecule has 108 valence electrons. The average molecular weight is 278 g/mol. The quantitative estimate of drug-likeness (QED) is 0.844. The standard InChI is InChI=1S/C14H18N2O4/c1-14(2,9-17)8-15-12(18)7-16-10-5-3-4-6-11(10)20-13(16)19/h3-6,17H,7-9H2,1-2H3,(H,15,18). The number of aliphatic hydroxyl groups excluding tert-OH is 1. The molecular weight excluding hydrogens is 260 g/mol. The fourth-order valence-electron chi connectivity index (χ4n) is 1.76. The molecule has 2 N–H and O–H groups in total. The van der Waals surface area contributed by atoms with E-state index >= 15 is 0 Å². The molecule has 0 aliphatic heterocycles. The Balaban J connectivity index is 2.11. The van der Waals surface area contributed by atoms with Gasteiger partial charge >= 0.3 is 5.76 Å². The van der Waals surface area contributed by atoms with Gasteiger partial charge in [0.1, 0.15) is 6.54 Å². The van der Waals surface area contributed by atoms with Gasteiger partial charge in [-0.15, -0.1) is 0 Å². The van der Waals surface area contributed by atoms with E-state index in [0.717, 1.165) is 0 Å². The fourth-order valence-corrected chi connectivity index (χ4v) is 1.76. The van der Waals surface area contributed by atoms with E-state index in [4.69, 9.17) is 9.52 Å². The highest BCUT2D eigenvalue weighted by Crippen LogP contribution is 2.12. The van der Waals surface area contributed by atoms with Gasteiger partial charge in [-0.05, 0) is 12.1 Å². The zero-order valence-corrected chi connectivity index (χ0v) is 11.5. The summed E-state index contributed by atoms with van der Waals surface area (Å²) >= 11 is 0. The van der Waals surface area contributed by atoms with Gasteiger partial charge < -0.3 is 14.8 Å². The molecule has 0 bridgehead atoms. The number of nitrogens with one attached hydrogen (secondary N) is 1. The van der Waals surface area contributed by atoms with Gasteiger partial charge in [-0.2, -0.15) is 0 Å². The van der Waals surface area contributed by atoms with Crippen molar-refractivity contribution in [1.29, 1.82) is 0 Å². The average Bonchev–Trinajstić information content (AvgIpc) is 2.73. The maximum absolute atomic E-state index is 11.9. The van der Waals surface area contributed by atoms with Crippen LogP contribution >= 0.6 is 0 Å². The van der Waals surface area contributed by atoms with Crippen LogP contribution in [-0.4, -0.2) is 28.7 Å². The van der Waals surface area contributed by atoms with Crippen molar-refractivity contribution in [2.75, 3.05) is 13.2 Å². The second kappa shape index (κ2) is 5.50. The first-order valence-electron chi connectivity index (χ1n) is 6.39. The first kappa shape index (κ1) is 14.3. The fraction of sp³-hybridized carbons (Fsp3) is 0.429. The zero-order valence-electron chi connectivity index (χ0n) is 11.5. The number of hydrogen-bond donors (Lipinski definition) is 2. The van der Waals surface area contributed by atoms with Crippen LogP contribution in [0.5, 0.6) is 0 Å². The Kier molecular flexibility index (Phi) is 3.94. The number of para-hydroxylation sites is 2. The molecule has 20 heavy (non-hydrogen) atoms. The summed E-state index contributed by atoms with van der Waals surface area (Å²) in [7, 11) is 0. The lowest BCUT2D eigenvalue weighted by Gasteiger charge is -2.21. The Morgan fingerprint density at radius 2 is 2.10 bits per heavy atom. The van der Waals surface area contributed by atoms with Crippen LogP contribution in [-0.2, 0) is 11.3 Å². The monoisotopic (exact) mass is 278 g/mol. The van der Waals surface area contributed by atoms with Crippen molar-refractivity contribution in [2.45, 2.75) is 20.4 Å². The summed E-state index contributed by atoms with van der Waals surface area (Å²) in [6.45, 7) is 3.89. The van der Waals surface area contributed by atoms with Gasteiger partial charge in [0.05, 0.1) is 5.52 Å². The van der Waals surface area contributed by atoms with Crippen LogP contribution < -0.4 is 11.1 Å². The number of hydrogen-bond acceptors (Lipinski definition) is 4. The number of benzene rings is 1. The second-order valence-corrected chi connectivity index (χ2v) is 5.52. The minimum absolute atomic E-state index is 0.0259. The van der Waals surface area contributed by atoms with Gasteiger partial charge in [-0.1, -0.05) is 26.0 Å². The Labute approximate surface area is 116 Å². The summed E-state index contributed by atoms with van der Waals surface area (Å²) in [5.74, 6) is -0.844. The molecule has 0 fully saturated rings. The number of nitrogens with zero attached hydrogens (tertiary/aromatic N) is 1. The van der Waals surface area contributed by atoms with Gasteiger partial charge in [0.25, 0.3) is 0 Å². The molecule has 6 nitrogen and oxygen atoms in total. The highest BCUT2D eigenvalue weighted by molar-refractivity contribution is 5.79. The first-order valence-corrected chi connectivity index (χ1v) is 6.39. The minimum atomic E-state index is -0.553. The van der Waals surface area contributed by atoms with Crippen molar-refractivity contribution in [2.24, 2.45) is 5.41 Å². The van der Waals surface area contributed by atoms with E-state index in [2.05, 4.69) is 5.32 Å². The number of carbonyl (C=O) groups excluding carboxylic acids is 1. The Morgan fingerprint density at radius 1 is 1.40 bits per heavy atom. The molecule has 0 atom stereocenters. The lowest BCUT2D eigenvalue weighted by Crippen LogP contribution is -2.38. The number of carbonyl (C=O) groups is 1. The molecule has 0 saturated heterocycles. The summed E-state index contributed by atoms with van der Waals surface area (Å²) < 4.78 is 6.34. The minimum Gasteiger partial charge on any atom is -0.408 e. The van der Waals surface area contributed by atoms with Gasteiger partial charge in [-0.25, -0.2) is 4.79 Å². The molecule has 1 aromatic carbocycles. The summed E-state index contributed by atoms with van der Waals surface area (Å²) in [6, 6.07) is 6.95. The topological polar surface area (TPSA) is 84.5 Å². The molecule has 0 saturated carbocycles. The van der Waals surface area contributed by atoms with Crippen LogP contribution in [0.3, 0.4) is 0 Å². The van der Waals surface area contributed by atoms with Crippen molar-refractivity contribution in [3.05, 3.63) is 34.8 Å². The largest absolute Gasteiger partial charge is 0.420 e. The highest BCUT2D eigenvalue weighted by atomic mass is 16.4. The summed E-state index contributed by atoms with van der Waals surface area (Å²) in [5.41, 5.74) is 0.661. The smallest absolute Gasteiger partial charge is 0.408 e. The van der Waals surface area contributed by atoms with Gasteiger partial charge in [0, 0.05) is 18.6 Å². The van der Waals surface area contributed by atoms with E-state index in [-0.39, 0.29) is 24.5 Å². The number of oxazole rings is 1. The van der Waals surface area contributed by atoms with Crippen LogP contribution in [0, 0.1) is 5.41 Å². The molecule has 0 aliphatic rings. The lowest BCUT2D eigenvalue weighted by atomic mass is 9.95.